The van der Waals surface area contributed by atoms with Gasteiger partial charge in [-0.2, -0.15) is 0 Å². The van der Waals surface area contributed by atoms with Crippen LogP contribution in [0.1, 0.15) is 25.8 Å². The van der Waals surface area contributed by atoms with Gasteiger partial charge in [0.2, 0.25) is 5.13 Å². The van der Waals surface area contributed by atoms with Gasteiger partial charge in [0.1, 0.15) is 11.6 Å². The molecule has 1 aliphatic rings. The number of nitrogens with zero attached hydrogens (tertiary/aromatic N) is 2. The molecule has 0 saturated carbocycles. The first-order chi connectivity index (χ1) is 11.4. The van der Waals surface area contributed by atoms with Crippen molar-refractivity contribution in [3.63, 3.8) is 0 Å². The van der Waals surface area contributed by atoms with Crippen LogP contribution in [0.3, 0.4) is 0 Å². The summed E-state index contributed by atoms with van der Waals surface area (Å²) in [5.41, 5.74) is -0.0886. The highest BCUT2D eigenvalue weighted by Crippen LogP contribution is 2.30. The van der Waals surface area contributed by atoms with Gasteiger partial charge in [-0.1, -0.05) is 44.2 Å². The first-order valence-corrected chi connectivity index (χ1v) is 8.51. The van der Waals surface area contributed by atoms with E-state index in [1.807, 2.05) is 24.3 Å². The molecule has 0 fully saturated rings. The molecule has 0 saturated heterocycles. The normalized spacial score (nSPS) is 16.5. The molecule has 128 valence electrons. The summed E-state index contributed by atoms with van der Waals surface area (Å²) in [6.07, 6.45) is -0.231. The van der Waals surface area contributed by atoms with Gasteiger partial charge in [-0.15, -0.1) is 10.2 Å². The van der Waals surface area contributed by atoms with Crippen LogP contribution < -0.4 is 20.1 Å². The van der Waals surface area contributed by atoms with E-state index in [0.717, 1.165) is 10.8 Å². The minimum absolute atomic E-state index is 0.0886. The van der Waals surface area contributed by atoms with Crippen molar-refractivity contribution in [2.45, 2.75) is 32.3 Å². The van der Waals surface area contributed by atoms with E-state index in [0.29, 0.717) is 24.0 Å². The van der Waals surface area contributed by atoms with Crippen molar-refractivity contribution < 1.29 is 14.3 Å². The standard InChI is InChI=1S/C16H20N4O3S/c1-16(2,3)13-19-20-15(24-13)18-14(21)17-8-10-9-22-11-6-4-5-7-12(11)23-10/h4-7,10H,8-9H2,1-3H3,(H2,17,18,20,21)/t10-/m0/s1. The number of rotatable bonds is 3. The van der Waals surface area contributed by atoms with Crippen LogP contribution in [-0.4, -0.2) is 35.5 Å². The van der Waals surface area contributed by atoms with E-state index in [1.165, 1.54) is 11.3 Å². The van der Waals surface area contributed by atoms with Crippen LogP contribution in [0, 0.1) is 0 Å². The van der Waals surface area contributed by atoms with Crippen LogP contribution in [0.5, 0.6) is 11.5 Å². The number of nitrogens with one attached hydrogen (secondary N) is 2. The van der Waals surface area contributed by atoms with Gasteiger partial charge in [-0.05, 0) is 12.1 Å². The average Bonchev–Trinajstić information content (AvgIpc) is 3.01. The lowest BCUT2D eigenvalue weighted by molar-refractivity contribution is 0.0922. The Morgan fingerprint density at radius 3 is 2.75 bits per heavy atom. The summed E-state index contributed by atoms with van der Waals surface area (Å²) in [6.45, 7) is 6.89. The summed E-state index contributed by atoms with van der Waals surface area (Å²) in [5.74, 6) is 1.41. The van der Waals surface area contributed by atoms with Crippen LogP contribution in [0.25, 0.3) is 0 Å². The molecule has 2 amide bonds. The molecule has 0 aliphatic carbocycles. The number of anilines is 1. The predicted octanol–water partition coefficient (Wildman–Crippen LogP) is 2.80. The Morgan fingerprint density at radius 2 is 2.04 bits per heavy atom. The van der Waals surface area contributed by atoms with Gasteiger partial charge in [0, 0.05) is 5.41 Å². The van der Waals surface area contributed by atoms with Crippen molar-refractivity contribution in [2.24, 2.45) is 0 Å². The molecule has 0 radical (unpaired) electrons. The minimum Gasteiger partial charge on any atom is -0.486 e. The Hall–Kier alpha value is -2.35. The lowest BCUT2D eigenvalue weighted by Gasteiger charge is -2.26. The fraction of sp³-hybridized carbons (Fsp3) is 0.438. The van der Waals surface area contributed by atoms with Crippen molar-refractivity contribution >= 4 is 22.5 Å². The number of hydrogen-bond acceptors (Lipinski definition) is 6. The largest absolute Gasteiger partial charge is 0.486 e. The highest BCUT2D eigenvalue weighted by atomic mass is 32.1. The number of fused-ring (bicyclic) bond motifs is 1. The van der Waals surface area contributed by atoms with Gasteiger partial charge in [-0.25, -0.2) is 4.79 Å². The van der Waals surface area contributed by atoms with Crippen LogP contribution >= 0.6 is 11.3 Å². The number of carbonyl (C=O) groups is 1. The molecule has 1 aliphatic heterocycles. The number of carbonyl (C=O) groups excluding carboxylic acids is 1. The zero-order valence-corrected chi connectivity index (χ0v) is 14.6. The van der Waals surface area contributed by atoms with Crippen molar-refractivity contribution in [2.75, 3.05) is 18.5 Å². The summed E-state index contributed by atoms with van der Waals surface area (Å²) in [4.78, 5) is 12.0. The molecule has 8 heteroatoms. The van der Waals surface area contributed by atoms with E-state index in [9.17, 15) is 4.79 Å². The summed E-state index contributed by atoms with van der Waals surface area (Å²) >= 11 is 1.37. The first kappa shape index (κ1) is 16.5. The summed E-state index contributed by atoms with van der Waals surface area (Å²) in [7, 11) is 0. The number of para-hydroxylation sites is 2. The molecule has 0 spiro atoms. The van der Waals surface area contributed by atoms with Crippen molar-refractivity contribution in [1.82, 2.24) is 15.5 Å². The Morgan fingerprint density at radius 1 is 1.29 bits per heavy atom. The third kappa shape index (κ3) is 3.94. The summed E-state index contributed by atoms with van der Waals surface area (Å²) in [5, 5.41) is 14.9. The molecule has 1 aromatic carbocycles. The van der Waals surface area contributed by atoms with E-state index < -0.39 is 0 Å². The number of urea groups is 1. The van der Waals surface area contributed by atoms with Gasteiger partial charge in [0.15, 0.2) is 17.6 Å². The van der Waals surface area contributed by atoms with E-state index in [-0.39, 0.29) is 17.6 Å². The second-order valence-corrected chi connectivity index (χ2v) is 7.47. The number of amides is 2. The number of hydrogen-bond donors (Lipinski definition) is 2. The monoisotopic (exact) mass is 348 g/mol. The second kappa shape index (κ2) is 6.64. The van der Waals surface area contributed by atoms with E-state index >= 15 is 0 Å². The SMILES string of the molecule is CC(C)(C)c1nnc(NC(=O)NC[C@H]2COc3ccccc3O2)s1. The zero-order chi connectivity index (χ0) is 17.2. The summed E-state index contributed by atoms with van der Waals surface area (Å²) < 4.78 is 11.4. The van der Waals surface area contributed by atoms with Gasteiger partial charge in [0.05, 0.1) is 6.54 Å². The highest BCUT2D eigenvalue weighted by Gasteiger charge is 2.22. The van der Waals surface area contributed by atoms with Crippen molar-refractivity contribution in [3.05, 3.63) is 29.3 Å². The fourth-order valence-corrected chi connectivity index (χ4v) is 2.88. The Balaban J connectivity index is 1.49. The maximum atomic E-state index is 12.0. The highest BCUT2D eigenvalue weighted by molar-refractivity contribution is 7.15. The Labute approximate surface area is 144 Å². The first-order valence-electron chi connectivity index (χ1n) is 7.69. The molecule has 1 aromatic heterocycles. The van der Waals surface area contributed by atoms with E-state index in [2.05, 4.69) is 41.6 Å². The van der Waals surface area contributed by atoms with E-state index in [4.69, 9.17) is 9.47 Å². The van der Waals surface area contributed by atoms with E-state index in [1.54, 1.807) is 0 Å². The maximum absolute atomic E-state index is 12.0. The fourth-order valence-electron chi connectivity index (χ4n) is 2.09. The van der Waals surface area contributed by atoms with Gasteiger partial charge < -0.3 is 14.8 Å². The molecular formula is C16H20N4O3S. The zero-order valence-electron chi connectivity index (χ0n) is 13.8. The molecule has 1 atom stereocenters. The molecular weight excluding hydrogens is 328 g/mol. The molecule has 2 heterocycles. The van der Waals surface area contributed by atoms with Crippen LogP contribution in [0.15, 0.2) is 24.3 Å². The maximum Gasteiger partial charge on any atom is 0.321 e. The molecule has 0 bridgehead atoms. The quantitative estimate of drug-likeness (QED) is 0.891. The lowest BCUT2D eigenvalue weighted by Crippen LogP contribution is -2.42. The number of benzene rings is 1. The van der Waals surface area contributed by atoms with Crippen molar-refractivity contribution in [3.8, 4) is 11.5 Å². The number of ether oxygens (including phenoxy) is 2. The third-order valence-corrected chi connectivity index (χ3v) is 4.61. The second-order valence-electron chi connectivity index (χ2n) is 6.49. The molecule has 24 heavy (non-hydrogen) atoms. The molecule has 2 N–H and O–H groups in total. The summed E-state index contributed by atoms with van der Waals surface area (Å²) in [6, 6.07) is 7.13. The number of aromatic nitrogens is 2. The smallest absolute Gasteiger partial charge is 0.321 e. The van der Waals surface area contributed by atoms with Crippen LogP contribution in [-0.2, 0) is 5.41 Å². The lowest BCUT2D eigenvalue weighted by atomic mass is 9.98. The molecule has 2 aromatic rings. The average molecular weight is 348 g/mol. The minimum atomic E-state index is -0.339. The molecule has 0 unspecified atom stereocenters. The Kier molecular flexibility index (Phi) is 4.57. The Bertz CT molecular complexity index is 726. The predicted molar refractivity (Wildman–Crippen MR) is 92.0 cm³/mol. The van der Waals surface area contributed by atoms with Crippen molar-refractivity contribution in [1.29, 1.82) is 0 Å². The van der Waals surface area contributed by atoms with Gasteiger partial charge in [0.25, 0.3) is 0 Å². The van der Waals surface area contributed by atoms with Gasteiger partial charge >= 0.3 is 6.03 Å². The van der Waals surface area contributed by atoms with Gasteiger partial charge in [-0.3, -0.25) is 5.32 Å². The molecule has 7 nitrogen and oxygen atoms in total. The third-order valence-electron chi connectivity index (χ3n) is 3.34. The molecule has 3 rings (SSSR count). The van der Waals surface area contributed by atoms with Crippen LogP contribution in [0.2, 0.25) is 0 Å². The topological polar surface area (TPSA) is 85.4 Å². The van der Waals surface area contributed by atoms with Crippen LogP contribution in [0.4, 0.5) is 9.93 Å².